The van der Waals surface area contributed by atoms with Gasteiger partial charge in [0.2, 0.25) is 0 Å². The Labute approximate surface area is 233 Å². The maximum Gasteiger partial charge on any atom is 0.160 e. The second-order valence-corrected chi connectivity index (χ2v) is 10.9. The molecule has 1 aliphatic rings. The van der Waals surface area contributed by atoms with Crippen LogP contribution in [0.15, 0.2) is 72.8 Å². The van der Waals surface area contributed by atoms with E-state index in [1.54, 1.807) is 0 Å². The Bertz CT molecular complexity index is 1390. The van der Waals surface area contributed by atoms with Crippen molar-refractivity contribution in [3.05, 3.63) is 118 Å². The Balaban J connectivity index is 1.56. The second-order valence-electron chi connectivity index (χ2n) is 10.9. The minimum atomic E-state index is -0.625. The summed E-state index contributed by atoms with van der Waals surface area (Å²) in [6, 6.07) is 25.7. The van der Waals surface area contributed by atoms with Crippen molar-refractivity contribution in [3.63, 3.8) is 0 Å². The van der Waals surface area contributed by atoms with Gasteiger partial charge in [0.15, 0.2) is 5.82 Å². The SMILES string of the molecule is CCc1cccc(CC)c1-c1nc(C)c(CN(C)[C@H]2CCCc3ccccc32)c(C[C@H](O)c2ccccc2)n1. The molecular weight excluding hydrogens is 478 g/mol. The molecule has 0 saturated heterocycles. The number of benzene rings is 3. The first-order chi connectivity index (χ1) is 19.0. The number of rotatable bonds is 9. The number of fused-ring (bicyclic) bond motifs is 1. The van der Waals surface area contributed by atoms with E-state index in [4.69, 9.17) is 9.97 Å². The molecule has 0 spiro atoms. The van der Waals surface area contributed by atoms with E-state index >= 15 is 0 Å². The Morgan fingerprint density at radius 2 is 1.59 bits per heavy atom. The Hall–Kier alpha value is -3.34. The van der Waals surface area contributed by atoms with Crippen LogP contribution in [0.4, 0.5) is 0 Å². The Kier molecular flexibility index (Phi) is 8.54. The molecule has 0 radical (unpaired) electrons. The molecule has 1 aromatic heterocycles. The first-order valence-corrected chi connectivity index (χ1v) is 14.5. The molecule has 1 N–H and O–H groups in total. The van der Waals surface area contributed by atoms with Crippen LogP contribution in [0.3, 0.4) is 0 Å². The molecular formula is C35H41N3O. The van der Waals surface area contributed by atoms with Crippen LogP contribution in [-0.4, -0.2) is 27.0 Å². The lowest BCUT2D eigenvalue weighted by molar-refractivity contribution is 0.175. The third-order valence-corrected chi connectivity index (χ3v) is 8.37. The molecule has 1 heterocycles. The summed E-state index contributed by atoms with van der Waals surface area (Å²) in [4.78, 5) is 12.8. The van der Waals surface area contributed by atoms with E-state index in [9.17, 15) is 5.11 Å². The first-order valence-electron chi connectivity index (χ1n) is 14.5. The standard InChI is InChI=1S/C35H41N3O/c1-5-25-17-12-18-26(6-2)34(25)35-36-24(3)30(31(37-35)22-33(39)28-15-8-7-9-16-28)23-38(4)32-21-13-19-27-14-10-11-20-29(27)32/h7-12,14-18,20,32-33,39H,5-6,13,19,21-23H2,1-4H3/t32-,33-/m0/s1. The largest absolute Gasteiger partial charge is 0.388 e. The van der Waals surface area contributed by atoms with E-state index in [1.807, 2.05) is 30.3 Å². The second kappa shape index (κ2) is 12.2. The number of hydrogen-bond acceptors (Lipinski definition) is 4. The van der Waals surface area contributed by atoms with Gasteiger partial charge >= 0.3 is 0 Å². The van der Waals surface area contributed by atoms with E-state index in [1.165, 1.54) is 28.7 Å². The molecule has 1 aliphatic carbocycles. The molecule has 0 amide bonds. The lowest BCUT2D eigenvalue weighted by atomic mass is 9.86. The van der Waals surface area contributed by atoms with Gasteiger partial charge in [-0.05, 0) is 73.9 Å². The minimum Gasteiger partial charge on any atom is -0.388 e. The topological polar surface area (TPSA) is 49.2 Å². The van der Waals surface area contributed by atoms with Gasteiger partial charge in [0.25, 0.3) is 0 Å². The average Bonchev–Trinajstić information content (AvgIpc) is 2.98. The lowest BCUT2D eigenvalue weighted by Crippen LogP contribution is -2.28. The maximum atomic E-state index is 11.3. The van der Waals surface area contributed by atoms with Gasteiger partial charge in [-0.1, -0.05) is 86.6 Å². The van der Waals surface area contributed by atoms with Crippen LogP contribution < -0.4 is 0 Å². The van der Waals surface area contributed by atoms with Crippen LogP contribution in [0.25, 0.3) is 11.4 Å². The third kappa shape index (κ3) is 5.83. The molecule has 0 aliphatic heterocycles. The van der Waals surface area contributed by atoms with Crippen LogP contribution in [0.2, 0.25) is 0 Å². The van der Waals surface area contributed by atoms with Gasteiger partial charge in [0.05, 0.1) is 11.8 Å². The average molecular weight is 520 g/mol. The van der Waals surface area contributed by atoms with E-state index in [-0.39, 0.29) is 0 Å². The molecule has 5 rings (SSSR count). The molecule has 202 valence electrons. The van der Waals surface area contributed by atoms with Gasteiger partial charge in [-0.2, -0.15) is 0 Å². The van der Waals surface area contributed by atoms with Crippen molar-refractivity contribution in [2.75, 3.05) is 7.05 Å². The molecule has 4 aromatic rings. The van der Waals surface area contributed by atoms with Gasteiger partial charge < -0.3 is 5.11 Å². The van der Waals surface area contributed by atoms with Crippen molar-refractivity contribution >= 4 is 0 Å². The monoisotopic (exact) mass is 519 g/mol. The number of aliphatic hydroxyl groups is 1. The van der Waals surface area contributed by atoms with Crippen molar-refractivity contribution in [1.82, 2.24) is 14.9 Å². The summed E-state index contributed by atoms with van der Waals surface area (Å²) >= 11 is 0. The van der Waals surface area contributed by atoms with E-state index < -0.39 is 6.10 Å². The summed E-state index contributed by atoms with van der Waals surface area (Å²) in [5.41, 5.74) is 10.6. The maximum absolute atomic E-state index is 11.3. The number of nitrogens with zero attached hydrogens (tertiary/aromatic N) is 3. The van der Waals surface area contributed by atoms with Crippen LogP contribution in [0.1, 0.15) is 83.6 Å². The normalized spacial score (nSPS) is 15.8. The highest BCUT2D eigenvalue weighted by molar-refractivity contribution is 5.66. The van der Waals surface area contributed by atoms with Gasteiger partial charge in [-0.3, -0.25) is 4.90 Å². The van der Waals surface area contributed by atoms with E-state index in [0.717, 1.165) is 66.1 Å². The van der Waals surface area contributed by atoms with Crippen LogP contribution >= 0.6 is 0 Å². The fraction of sp³-hybridized carbons (Fsp3) is 0.371. The molecule has 0 saturated carbocycles. The summed E-state index contributed by atoms with van der Waals surface area (Å²) in [6.45, 7) is 7.24. The summed E-state index contributed by atoms with van der Waals surface area (Å²) in [6.07, 6.45) is 5.20. The third-order valence-electron chi connectivity index (χ3n) is 8.37. The number of aromatic nitrogens is 2. The first kappa shape index (κ1) is 27.2. The molecule has 3 aromatic carbocycles. The van der Waals surface area contributed by atoms with Crippen molar-refractivity contribution in [1.29, 1.82) is 0 Å². The number of aliphatic hydroxyl groups excluding tert-OH is 1. The predicted molar refractivity (Wildman–Crippen MR) is 160 cm³/mol. The van der Waals surface area contributed by atoms with Crippen LogP contribution in [0, 0.1) is 6.92 Å². The summed E-state index contributed by atoms with van der Waals surface area (Å²) < 4.78 is 0. The highest BCUT2D eigenvalue weighted by Crippen LogP contribution is 2.36. The molecule has 39 heavy (non-hydrogen) atoms. The predicted octanol–water partition coefficient (Wildman–Crippen LogP) is 7.36. The zero-order valence-corrected chi connectivity index (χ0v) is 23.8. The van der Waals surface area contributed by atoms with Gasteiger partial charge in [-0.15, -0.1) is 0 Å². The zero-order valence-electron chi connectivity index (χ0n) is 23.8. The van der Waals surface area contributed by atoms with E-state index in [2.05, 4.69) is 75.2 Å². The fourth-order valence-electron chi connectivity index (χ4n) is 6.19. The van der Waals surface area contributed by atoms with Gasteiger partial charge in [0, 0.05) is 35.8 Å². The van der Waals surface area contributed by atoms with Gasteiger partial charge in [0.1, 0.15) is 0 Å². The lowest BCUT2D eigenvalue weighted by Gasteiger charge is -2.34. The number of hydrogen-bond donors (Lipinski definition) is 1. The zero-order chi connectivity index (χ0) is 27.4. The Morgan fingerprint density at radius 3 is 2.31 bits per heavy atom. The minimum absolute atomic E-state index is 0.369. The van der Waals surface area contributed by atoms with Crippen molar-refractivity contribution < 1.29 is 5.11 Å². The molecule has 0 fully saturated rings. The molecule has 2 atom stereocenters. The fourth-order valence-corrected chi connectivity index (χ4v) is 6.19. The highest BCUT2D eigenvalue weighted by atomic mass is 16.3. The summed E-state index contributed by atoms with van der Waals surface area (Å²) in [7, 11) is 2.22. The Morgan fingerprint density at radius 1 is 0.897 bits per heavy atom. The van der Waals surface area contributed by atoms with Crippen molar-refractivity contribution in [2.45, 2.75) is 78.0 Å². The summed E-state index contributed by atoms with van der Waals surface area (Å²) in [5.74, 6) is 0.784. The number of aryl methyl sites for hydroxylation is 4. The summed E-state index contributed by atoms with van der Waals surface area (Å²) in [5, 5.41) is 11.3. The highest BCUT2D eigenvalue weighted by Gasteiger charge is 2.26. The molecule has 0 unspecified atom stereocenters. The van der Waals surface area contributed by atoms with Crippen molar-refractivity contribution in [3.8, 4) is 11.4 Å². The molecule has 4 heteroatoms. The molecule has 0 bridgehead atoms. The van der Waals surface area contributed by atoms with Crippen molar-refractivity contribution in [2.24, 2.45) is 0 Å². The van der Waals surface area contributed by atoms with Crippen LogP contribution in [-0.2, 0) is 32.2 Å². The van der Waals surface area contributed by atoms with Crippen LogP contribution in [0.5, 0.6) is 0 Å². The quantitative estimate of drug-likeness (QED) is 0.251. The smallest absolute Gasteiger partial charge is 0.160 e. The molecule has 4 nitrogen and oxygen atoms in total. The van der Waals surface area contributed by atoms with Gasteiger partial charge in [-0.25, -0.2) is 9.97 Å². The van der Waals surface area contributed by atoms with E-state index in [0.29, 0.717) is 12.5 Å².